The number of fused-ring (bicyclic) bond motifs is 1. The van der Waals surface area contributed by atoms with Gasteiger partial charge in [-0.15, -0.1) is 10.2 Å². The van der Waals surface area contributed by atoms with Gasteiger partial charge in [-0.25, -0.2) is 0 Å². The molecule has 2 N–H and O–H groups in total. The van der Waals surface area contributed by atoms with E-state index in [4.69, 9.17) is 0 Å². The van der Waals surface area contributed by atoms with Crippen molar-refractivity contribution in [2.45, 2.75) is 44.5 Å². The highest BCUT2D eigenvalue weighted by atomic mass is 19.4. The molecule has 0 amide bonds. The van der Waals surface area contributed by atoms with Gasteiger partial charge < -0.3 is 15.4 Å². The summed E-state index contributed by atoms with van der Waals surface area (Å²) >= 11 is 0. The van der Waals surface area contributed by atoms with Crippen LogP contribution < -0.4 is 15.4 Å². The quantitative estimate of drug-likeness (QED) is 0.533. The third kappa shape index (κ3) is 4.93. The Morgan fingerprint density at radius 3 is 2.75 bits per heavy atom. The average molecular weight is 455 g/mol. The van der Waals surface area contributed by atoms with Gasteiger partial charge >= 0.3 is 12.8 Å². The molecule has 11 heteroatoms. The van der Waals surface area contributed by atoms with E-state index < -0.39 is 24.1 Å². The van der Waals surface area contributed by atoms with E-state index in [0.29, 0.717) is 17.5 Å². The van der Waals surface area contributed by atoms with Crippen molar-refractivity contribution >= 4 is 11.5 Å². The van der Waals surface area contributed by atoms with E-state index >= 15 is 0 Å². The number of alkyl halides is 5. The number of aromatic nitrogens is 3. The number of nitrogens with zero attached hydrogens (tertiary/aromatic N) is 3. The SMILES string of the molecule is FC(F)Oc1cc(C(F)(F)F)ccc1-c1nnc(NC2CCCCCNC2)n2cccc12. The molecule has 1 aromatic carbocycles. The lowest BCUT2D eigenvalue weighted by atomic mass is 10.1. The fraction of sp³-hybridized carbons (Fsp3) is 0.429. The Morgan fingerprint density at radius 2 is 1.97 bits per heavy atom. The van der Waals surface area contributed by atoms with Crippen molar-refractivity contribution in [1.29, 1.82) is 0 Å². The van der Waals surface area contributed by atoms with Crippen LogP contribution in [0.2, 0.25) is 0 Å². The van der Waals surface area contributed by atoms with Crippen molar-refractivity contribution < 1.29 is 26.7 Å². The third-order valence-corrected chi connectivity index (χ3v) is 5.37. The van der Waals surface area contributed by atoms with Crippen LogP contribution in [0.1, 0.15) is 31.2 Å². The maximum Gasteiger partial charge on any atom is 0.416 e. The molecule has 1 saturated heterocycles. The summed E-state index contributed by atoms with van der Waals surface area (Å²) in [6, 6.07) is 5.97. The zero-order valence-electron chi connectivity index (χ0n) is 17.0. The van der Waals surface area contributed by atoms with Crippen LogP contribution in [0.25, 0.3) is 16.8 Å². The average Bonchev–Trinajstić information content (AvgIpc) is 3.19. The van der Waals surface area contributed by atoms with Gasteiger partial charge in [0.2, 0.25) is 5.95 Å². The first-order valence-corrected chi connectivity index (χ1v) is 10.3. The molecule has 0 aliphatic carbocycles. The summed E-state index contributed by atoms with van der Waals surface area (Å²) in [5, 5.41) is 15.1. The minimum atomic E-state index is -4.70. The summed E-state index contributed by atoms with van der Waals surface area (Å²) in [7, 11) is 0. The summed E-state index contributed by atoms with van der Waals surface area (Å²) in [4.78, 5) is 0. The minimum Gasteiger partial charge on any atom is -0.434 e. The molecule has 1 unspecified atom stereocenters. The summed E-state index contributed by atoms with van der Waals surface area (Å²) in [6.07, 6.45) is 1.33. The monoisotopic (exact) mass is 455 g/mol. The number of anilines is 1. The number of benzene rings is 1. The largest absolute Gasteiger partial charge is 0.434 e. The molecular formula is C21H22F5N5O. The highest BCUT2D eigenvalue weighted by molar-refractivity contribution is 5.81. The van der Waals surface area contributed by atoms with Gasteiger partial charge in [-0.3, -0.25) is 4.40 Å². The first-order chi connectivity index (χ1) is 15.3. The number of nitrogens with one attached hydrogen (secondary N) is 2. The molecule has 1 fully saturated rings. The molecule has 32 heavy (non-hydrogen) atoms. The van der Waals surface area contributed by atoms with Crippen LogP contribution in [0, 0.1) is 0 Å². The van der Waals surface area contributed by atoms with Gasteiger partial charge in [0.15, 0.2) is 0 Å². The summed E-state index contributed by atoms with van der Waals surface area (Å²) in [6.45, 7) is -1.58. The van der Waals surface area contributed by atoms with Crippen molar-refractivity contribution in [2.24, 2.45) is 0 Å². The first-order valence-electron chi connectivity index (χ1n) is 10.3. The molecule has 0 bridgehead atoms. The Kier molecular flexibility index (Phi) is 6.45. The van der Waals surface area contributed by atoms with E-state index in [-0.39, 0.29) is 17.3 Å². The summed E-state index contributed by atoms with van der Waals surface area (Å²) < 4.78 is 71.2. The van der Waals surface area contributed by atoms with Gasteiger partial charge in [-0.05, 0) is 49.7 Å². The van der Waals surface area contributed by atoms with Gasteiger partial charge in [-0.2, -0.15) is 22.0 Å². The van der Waals surface area contributed by atoms with Gasteiger partial charge in [0, 0.05) is 24.3 Å². The van der Waals surface area contributed by atoms with Crippen LogP contribution in [-0.4, -0.2) is 40.3 Å². The number of halogens is 5. The van der Waals surface area contributed by atoms with Gasteiger partial charge in [-0.1, -0.05) is 12.8 Å². The Bertz CT molecular complexity index is 1060. The molecule has 172 valence electrons. The molecular weight excluding hydrogens is 433 g/mol. The summed E-state index contributed by atoms with van der Waals surface area (Å²) in [5.74, 6) is -0.151. The van der Waals surface area contributed by atoms with E-state index in [0.717, 1.165) is 50.9 Å². The molecule has 0 radical (unpaired) electrons. The fourth-order valence-electron chi connectivity index (χ4n) is 3.84. The number of hydrogen-bond donors (Lipinski definition) is 2. The second-order valence-corrected chi connectivity index (χ2v) is 7.62. The maximum absolute atomic E-state index is 13.1. The second kappa shape index (κ2) is 9.27. The lowest BCUT2D eigenvalue weighted by Crippen LogP contribution is -2.35. The third-order valence-electron chi connectivity index (χ3n) is 5.37. The topological polar surface area (TPSA) is 63.5 Å². The van der Waals surface area contributed by atoms with Crippen LogP contribution in [0.5, 0.6) is 5.75 Å². The normalized spacial score (nSPS) is 17.9. The van der Waals surface area contributed by atoms with E-state index in [1.54, 1.807) is 22.7 Å². The lowest BCUT2D eigenvalue weighted by molar-refractivity contribution is -0.138. The van der Waals surface area contributed by atoms with Gasteiger partial charge in [0.1, 0.15) is 11.4 Å². The number of hydrogen-bond acceptors (Lipinski definition) is 5. The predicted molar refractivity (Wildman–Crippen MR) is 109 cm³/mol. The van der Waals surface area contributed by atoms with Gasteiger partial charge in [0.05, 0.1) is 11.1 Å². The highest BCUT2D eigenvalue weighted by Crippen LogP contribution is 2.38. The van der Waals surface area contributed by atoms with E-state index in [1.165, 1.54) is 0 Å². The second-order valence-electron chi connectivity index (χ2n) is 7.62. The number of rotatable bonds is 5. The molecule has 4 rings (SSSR count). The van der Waals surface area contributed by atoms with Crippen LogP contribution in [-0.2, 0) is 6.18 Å². The number of ether oxygens (including phenoxy) is 1. The lowest BCUT2D eigenvalue weighted by Gasteiger charge is -2.23. The first kappa shape index (κ1) is 22.3. The Hall–Kier alpha value is -2.95. The van der Waals surface area contributed by atoms with Crippen molar-refractivity contribution in [2.75, 3.05) is 18.4 Å². The van der Waals surface area contributed by atoms with Crippen LogP contribution >= 0.6 is 0 Å². The Morgan fingerprint density at radius 1 is 1.12 bits per heavy atom. The van der Waals surface area contributed by atoms with Crippen LogP contribution in [0.3, 0.4) is 0 Å². The molecule has 1 atom stereocenters. The van der Waals surface area contributed by atoms with E-state index in [1.807, 2.05) is 0 Å². The van der Waals surface area contributed by atoms with Crippen molar-refractivity contribution in [3.05, 3.63) is 42.1 Å². The van der Waals surface area contributed by atoms with Crippen molar-refractivity contribution in [3.63, 3.8) is 0 Å². The van der Waals surface area contributed by atoms with Crippen molar-refractivity contribution in [3.8, 4) is 17.0 Å². The molecule has 6 nitrogen and oxygen atoms in total. The van der Waals surface area contributed by atoms with E-state index in [9.17, 15) is 22.0 Å². The maximum atomic E-state index is 13.1. The van der Waals surface area contributed by atoms with Crippen LogP contribution in [0.15, 0.2) is 36.5 Å². The fourth-order valence-corrected chi connectivity index (χ4v) is 3.84. The zero-order valence-corrected chi connectivity index (χ0v) is 17.0. The smallest absolute Gasteiger partial charge is 0.416 e. The molecule has 1 aliphatic rings. The minimum absolute atomic E-state index is 0.00586. The Balaban J connectivity index is 1.71. The molecule has 3 heterocycles. The molecule has 0 saturated carbocycles. The standard InChI is InChI=1S/C21H22F5N5O/c22-19(23)32-17-11-13(21(24,25)26)7-8-15(17)18-16-6-4-10-31(16)20(30-29-18)28-14-5-2-1-3-9-27-12-14/h4,6-8,10-11,14,19,27H,1-3,5,9,12H2,(H,28,30). The molecule has 1 aliphatic heterocycles. The predicted octanol–water partition coefficient (Wildman–Crippen LogP) is 4.96. The Labute approximate surface area is 180 Å². The molecule has 3 aromatic rings. The highest BCUT2D eigenvalue weighted by Gasteiger charge is 2.32. The van der Waals surface area contributed by atoms with E-state index in [2.05, 4.69) is 25.6 Å². The zero-order chi connectivity index (χ0) is 22.7. The van der Waals surface area contributed by atoms with Crippen LogP contribution in [0.4, 0.5) is 27.9 Å². The summed E-state index contributed by atoms with van der Waals surface area (Å²) in [5.41, 5.74) is -0.458. The van der Waals surface area contributed by atoms with Crippen molar-refractivity contribution in [1.82, 2.24) is 19.9 Å². The molecule has 0 spiro atoms. The molecule has 2 aromatic heterocycles. The van der Waals surface area contributed by atoms with Gasteiger partial charge in [0.25, 0.3) is 0 Å².